The number of aliphatic hydroxyl groups is 1. The maximum absolute atomic E-state index is 14.1. The molecule has 0 bridgehead atoms. The van der Waals surface area contributed by atoms with Crippen molar-refractivity contribution in [2.24, 2.45) is 12.5 Å². The maximum Gasteiger partial charge on any atom is 0.273 e. The van der Waals surface area contributed by atoms with Crippen molar-refractivity contribution in [3.8, 4) is 27.6 Å². The smallest absolute Gasteiger partial charge is 0.273 e. The van der Waals surface area contributed by atoms with Crippen LogP contribution in [0.2, 0.25) is 0 Å². The van der Waals surface area contributed by atoms with Crippen LogP contribution in [-0.4, -0.2) is 113 Å². The molecule has 1 fully saturated rings. The highest BCUT2D eigenvalue weighted by atomic mass is 32.1. The Morgan fingerprint density at radius 3 is 2.32 bits per heavy atom. The molecule has 0 aliphatic carbocycles. The second-order valence-electron chi connectivity index (χ2n) is 18.2. The van der Waals surface area contributed by atoms with Gasteiger partial charge in [-0.05, 0) is 54.2 Å². The van der Waals surface area contributed by atoms with E-state index in [1.165, 1.54) is 19.1 Å². The molecule has 7 N–H and O–H groups in total. The lowest BCUT2D eigenvalue weighted by atomic mass is 9.85. The molecular weight excluding hydrogens is 929 g/mol. The lowest BCUT2D eigenvalue weighted by Gasteiger charge is -2.35. The van der Waals surface area contributed by atoms with E-state index in [0.29, 0.717) is 39.9 Å². The van der Waals surface area contributed by atoms with Crippen LogP contribution in [-0.2, 0) is 32.8 Å². The van der Waals surface area contributed by atoms with Gasteiger partial charge in [-0.1, -0.05) is 57.2 Å². The summed E-state index contributed by atoms with van der Waals surface area (Å²) in [4.78, 5) is 82.4. The first kappa shape index (κ1) is 51.0. The van der Waals surface area contributed by atoms with Crippen LogP contribution in [0, 0.1) is 12.3 Å². The van der Waals surface area contributed by atoms with Crippen LogP contribution >= 0.6 is 11.3 Å². The number of benzene rings is 2. The van der Waals surface area contributed by atoms with Crippen LogP contribution in [0.1, 0.15) is 80.3 Å². The number of anilines is 4. The number of nitrogens with zero attached hydrogens (tertiary/aromatic N) is 8. The van der Waals surface area contributed by atoms with Crippen molar-refractivity contribution >= 4 is 63.9 Å². The third-order valence-electron chi connectivity index (χ3n) is 11.8. The molecule has 6 aromatic rings. The van der Waals surface area contributed by atoms with Gasteiger partial charge in [-0.3, -0.25) is 28.7 Å². The largest absolute Gasteiger partial charge is 0.494 e. The summed E-state index contributed by atoms with van der Waals surface area (Å²) in [6.07, 6.45) is 1.91. The average Bonchev–Trinajstić information content (AvgIpc) is 4.10. The Morgan fingerprint density at radius 2 is 1.68 bits per heavy atom. The zero-order valence-corrected chi connectivity index (χ0v) is 41.5. The number of carbonyl (C=O) groups is 5. The average molecular weight is 987 g/mol. The summed E-state index contributed by atoms with van der Waals surface area (Å²) in [6.45, 7) is 9.26. The highest BCUT2D eigenvalue weighted by Crippen LogP contribution is 2.37. The molecule has 71 heavy (non-hydrogen) atoms. The van der Waals surface area contributed by atoms with E-state index in [1.807, 2.05) is 44.2 Å². The van der Waals surface area contributed by atoms with Gasteiger partial charge in [0.1, 0.15) is 24.2 Å². The van der Waals surface area contributed by atoms with Crippen molar-refractivity contribution in [2.75, 3.05) is 31.3 Å². The predicted molar refractivity (Wildman–Crippen MR) is 267 cm³/mol. The van der Waals surface area contributed by atoms with E-state index in [-0.39, 0.29) is 49.9 Å². The van der Waals surface area contributed by atoms with E-state index >= 15 is 0 Å². The van der Waals surface area contributed by atoms with E-state index in [4.69, 9.17) is 4.74 Å². The fourth-order valence-electron chi connectivity index (χ4n) is 7.97. The summed E-state index contributed by atoms with van der Waals surface area (Å²) in [6, 6.07) is 15.9. The molecule has 0 spiro atoms. The molecule has 4 atom stereocenters. The first-order chi connectivity index (χ1) is 33.9. The molecule has 21 nitrogen and oxygen atoms in total. The van der Waals surface area contributed by atoms with Gasteiger partial charge in [0.05, 0.1) is 52.3 Å². The SMILES string of the molecule is CNC(=O)c1nnc(Nc2ccc(CNC(=O)CCC(=O)N[C@H](C(=O)N3C[C@H](O)C[C@H]3C(=O)N[C@@H](C)c3ccc(-c4scnc4C)cc3)C(C)(C)C)cn2)cc1Nc1cccc(-c2ncn(C)n2)c1OC. The molecular formula is C49H58N14O7S. The molecule has 7 rings (SSSR count). The highest BCUT2D eigenvalue weighted by Gasteiger charge is 2.44. The first-order valence-corrected chi connectivity index (χ1v) is 23.8. The Kier molecular flexibility index (Phi) is 16.0. The highest BCUT2D eigenvalue weighted by molar-refractivity contribution is 7.13. The molecule has 372 valence electrons. The van der Waals surface area contributed by atoms with E-state index in [0.717, 1.165) is 21.7 Å². The number of amides is 5. The number of hydrogen-bond donors (Lipinski definition) is 7. The van der Waals surface area contributed by atoms with Crippen LogP contribution in [0.5, 0.6) is 5.75 Å². The summed E-state index contributed by atoms with van der Waals surface area (Å²) < 4.78 is 7.32. The second-order valence-corrected chi connectivity index (χ2v) is 19.0. The van der Waals surface area contributed by atoms with Gasteiger partial charge in [0, 0.05) is 58.7 Å². The number of aryl methyl sites for hydroxylation is 2. The van der Waals surface area contributed by atoms with Crippen LogP contribution < -0.4 is 36.6 Å². The minimum Gasteiger partial charge on any atom is -0.494 e. The maximum atomic E-state index is 14.1. The number of aromatic nitrogens is 7. The van der Waals surface area contributed by atoms with Crippen molar-refractivity contribution in [1.29, 1.82) is 0 Å². The zero-order valence-electron chi connectivity index (χ0n) is 40.7. The van der Waals surface area contributed by atoms with Gasteiger partial charge in [0.15, 0.2) is 23.1 Å². The van der Waals surface area contributed by atoms with Crippen molar-refractivity contribution in [2.45, 2.75) is 84.7 Å². The third kappa shape index (κ3) is 12.5. The Bertz CT molecular complexity index is 2880. The van der Waals surface area contributed by atoms with E-state index in [1.54, 1.807) is 92.2 Å². The van der Waals surface area contributed by atoms with Gasteiger partial charge in [0.25, 0.3) is 5.91 Å². The number of β-amino-alcohol motifs (C(OH)–C–C–N with tert-alkyl or cyclic N) is 1. The monoisotopic (exact) mass is 986 g/mol. The lowest BCUT2D eigenvalue weighted by Crippen LogP contribution is -2.57. The number of thiazole rings is 1. The summed E-state index contributed by atoms with van der Waals surface area (Å²) in [5.41, 5.74) is 6.06. The molecule has 0 radical (unpaired) electrons. The Hall–Kier alpha value is -7.85. The Morgan fingerprint density at radius 1 is 0.915 bits per heavy atom. The van der Waals surface area contributed by atoms with Gasteiger partial charge in [-0.15, -0.1) is 21.5 Å². The molecule has 2 aromatic carbocycles. The topological polar surface area (TPSA) is 272 Å². The lowest BCUT2D eigenvalue weighted by molar-refractivity contribution is -0.144. The third-order valence-corrected chi connectivity index (χ3v) is 12.8. The molecule has 1 saturated heterocycles. The van der Waals surface area contributed by atoms with Gasteiger partial charge in [0.2, 0.25) is 23.6 Å². The van der Waals surface area contributed by atoms with Crippen LogP contribution in [0.4, 0.5) is 23.0 Å². The molecule has 1 aliphatic rings. The van der Waals surface area contributed by atoms with E-state index in [9.17, 15) is 29.1 Å². The number of ether oxygens (including phenoxy) is 1. The molecule has 1 aliphatic heterocycles. The first-order valence-electron chi connectivity index (χ1n) is 22.9. The number of likely N-dealkylation sites (tertiary alicyclic amines) is 1. The second kappa shape index (κ2) is 22.3. The van der Waals surface area contributed by atoms with Crippen molar-refractivity contribution in [3.63, 3.8) is 0 Å². The summed E-state index contributed by atoms with van der Waals surface area (Å²) in [5, 5.41) is 40.9. The van der Waals surface area contributed by atoms with Crippen molar-refractivity contribution in [3.05, 3.63) is 101 Å². The molecule has 5 amide bonds. The minimum atomic E-state index is -1.05. The quantitative estimate of drug-likeness (QED) is 0.0614. The van der Waals surface area contributed by atoms with Crippen LogP contribution in [0.25, 0.3) is 21.8 Å². The molecule has 5 heterocycles. The van der Waals surface area contributed by atoms with Gasteiger partial charge < -0.3 is 46.6 Å². The zero-order chi connectivity index (χ0) is 51.0. The van der Waals surface area contributed by atoms with Crippen molar-refractivity contribution in [1.82, 2.24) is 61.1 Å². The van der Waals surface area contributed by atoms with Crippen molar-refractivity contribution < 1.29 is 33.8 Å². The van der Waals surface area contributed by atoms with Gasteiger partial charge >= 0.3 is 0 Å². The molecule has 22 heteroatoms. The number of rotatable bonds is 18. The van der Waals surface area contributed by atoms with E-state index < -0.39 is 53.1 Å². The number of carbonyl (C=O) groups excluding carboxylic acids is 5. The number of methoxy groups -OCH3 is 1. The van der Waals surface area contributed by atoms with E-state index in [2.05, 4.69) is 62.1 Å². The number of pyridine rings is 1. The summed E-state index contributed by atoms with van der Waals surface area (Å²) >= 11 is 1.56. The molecule has 4 aromatic heterocycles. The number of para-hydroxylation sites is 1. The van der Waals surface area contributed by atoms with Gasteiger partial charge in [-0.2, -0.15) is 5.10 Å². The fraction of sp³-hybridized carbons (Fsp3) is 0.367. The number of aliphatic hydroxyl groups excluding tert-OH is 1. The Labute approximate surface area is 414 Å². The molecule has 0 unspecified atom stereocenters. The number of nitrogens with one attached hydrogen (secondary N) is 6. The standard InChI is InChI=1S/C49H58N14O7S/c1-27(30-13-15-31(16-14-30)43-28(2)54-26-71-43)55-46(67)36-20-32(64)24-63(36)48(69)44(49(3,4)5)58-40(66)19-18-39(65)52-23-29-12-17-37(51-22-29)57-38-21-35(41(60-59-38)47(68)50-6)56-34-11-9-10-33(42(34)70-8)45-53-25-62(7)61-45/h9-17,21-22,25-27,32,36,44,64H,18-20,23-24H2,1-8H3,(H,50,68)(H,52,65)(H,55,67)(H,58,66)(H2,51,56,57,59)/t27-,32+,36-,44+/m0/s1. The van der Waals surface area contributed by atoms with Gasteiger partial charge in [-0.25, -0.2) is 15.0 Å². The minimum absolute atomic E-state index is 0.0326. The summed E-state index contributed by atoms with van der Waals surface area (Å²) in [7, 11) is 4.78. The van der Waals surface area contributed by atoms with Crippen LogP contribution in [0.15, 0.2) is 78.7 Å². The number of hydrogen-bond acceptors (Lipinski definition) is 16. The predicted octanol–water partition coefficient (Wildman–Crippen LogP) is 4.72. The molecule has 0 saturated carbocycles. The summed E-state index contributed by atoms with van der Waals surface area (Å²) in [5.74, 6) is -0.703. The normalized spacial score (nSPS) is 15.3. The van der Waals surface area contributed by atoms with Crippen LogP contribution in [0.3, 0.4) is 0 Å². The fourth-order valence-corrected chi connectivity index (χ4v) is 8.78. The Balaban J connectivity index is 0.908.